The molecular weight excluding hydrogens is 382 g/mol. The van der Waals surface area contributed by atoms with Crippen molar-refractivity contribution in [3.05, 3.63) is 59.1 Å². The summed E-state index contributed by atoms with van der Waals surface area (Å²) in [5.41, 5.74) is 1.44. The normalized spacial score (nSPS) is 11.6. The molecule has 0 spiro atoms. The van der Waals surface area contributed by atoms with Crippen molar-refractivity contribution in [1.82, 2.24) is 15.0 Å². The van der Waals surface area contributed by atoms with Gasteiger partial charge in [0.15, 0.2) is 0 Å². The Labute approximate surface area is 162 Å². The van der Waals surface area contributed by atoms with Crippen molar-refractivity contribution in [2.24, 2.45) is 0 Å². The maximum Gasteiger partial charge on any atom is 0.251 e. The van der Waals surface area contributed by atoms with E-state index in [1.165, 1.54) is 29.0 Å². The van der Waals surface area contributed by atoms with E-state index in [9.17, 15) is 13.2 Å². The summed E-state index contributed by atoms with van der Waals surface area (Å²) in [6.45, 7) is 2.57. The zero-order valence-electron chi connectivity index (χ0n) is 14.9. The Hall–Kier alpha value is -2.29. The highest BCUT2D eigenvalue weighted by molar-refractivity contribution is 7.89. The number of benzene rings is 2. The first-order valence-electron chi connectivity index (χ1n) is 8.72. The summed E-state index contributed by atoms with van der Waals surface area (Å²) in [6.07, 6.45) is 1.60. The first-order chi connectivity index (χ1) is 13.0. The average Bonchev–Trinajstić information content (AvgIpc) is 3.08. The number of aryl methyl sites for hydroxylation is 1. The molecule has 6 nitrogen and oxygen atoms in total. The third-order valence-electron chi connectivity index (χ3n) is 3.95. The fourth-order valence-electron chi connectivity index (χ4n) is 2.63. The second-order valence-corrected chi connectivity index (χ2v) is 8.84. The highest BCUT2D eigenvalue weighted by atomic mass is 32.2. The zero-order valence-corrected chi connectivity index (χ0v) is 16.6. The van der Waals surface area contributed by atoms with E-state index in [0.29, 0.717) is 18.7 Å². The number of carbonyl (C=O) groups excluding carboxylic acids is 1. The van der Waals surface area contributed by atoms with Crippen LogP contribution in [0.4, 0.5) is 0 Å². The van der Waals surface area contributed by atoms with Gasteiger partial charge in [0.1, 0.15) is 0 Å². The summed E-state index contributed by atoms with van der Waals surface area (Å²) in [5, 5.41) is 3.92. The van der Waals surface area contributed by atoms with Gasteiger partial charge in [-0.1, -0.05) is 19.1 Å². The maximum absolute atomic E-state index is 12.2. The molecule has 0 aliphatic heterocycles. The molecule has 1 heterocycles. The van der Waals surface area contributed by atoms with Gasteiger partial charge in [-0.3, -0.25) is 4.79 Å². The lowest BCUT2D eigenvalue weighted by Crippen LogP contribution is -2.25. The van der Waals surface area contributed by atoms with Crippen molar-refractivity contribution >= 4 is 37.5 Å². The summed E-state index contributed by atoms with van der Waals surface area (Å²) in [5.74, 6) is -0.216. The summed E-state index contributed by atoms with van der Waals surface area (Å²) in [4.78, 5) is 16.9. The molecule has 8 heteroatoms. The van der Waals surface area contributed by atoms with Gasteiger partial charge in [-0.05, 0) is 42.8 Å². The lowest BCUT2D eigenvalue weighted by atomic mass is 10.2. The minimum absolute atomic E-state index is 0.150. The number of nitrogens with zero attached hydrogens (tertiary/aromatic N) is 1. The van der Waals surface area contributed by atoms with Gasteiger partial charge in [-0.2, -0.15) is 0 Å². The van der Waals surface area contributed by atoms with Gasteiger partial charge in [-0.15, -0.1) is 11.3 Å². The SMILES string of the molecule is CCNS(=O)(=O)c1ccc(C(=O)NCCCc2nc3ccccc3s2)cc1. The van der Waals surface area contributed by atoms with Crippen LogP contribution in [0.25, 0.3) is 10.2 Å². The van der Waals surface area contributed by atoms with Crippen LogP contribution in [-0.2, 0) is 16.4 Å². The summed E-state index contributed by atoms with van der Waals surface area (Å²) < 4.78 is 27.4. The summed E-state index contributed by atoms with van der Waals surface area (Å²) >= 11 is 1.67. The molecule has 0 aliphatic rings. The molecule has 2 aromatic carbocycles. The highest BCUT2D eigenvalue weighted by Gasteiger charge is 2.13. The van der Waals surface area contributed by atoms with Crippen molar-refractivity contribution in [2.45, 2.75) is 24.7 Å². The molecule has 2 N–H and O–H groups in total. The molecule has 0 unspecified atom stereocenters. The fourth-order valence-corrected chi connectivity index (χ4v) is 4.68. The summed E-state index contributed by atoms with van der Waals surface area (Å²) in [7, 11) is -3.50. The molecule has 0 fully saturated rings. The van der Waals surface area contributed by atoms with Gasteiger partial charge in [0, 0.05) is 25.1 Å². The Morgan fingerprint density at radius 3 is 2.56 bits per heavy atom. The van der Waals surface area contributed by atoms with Crippen molar-refractivity contribution in [3.8, 4) is 0 Å². The topological polar surface area (TPSA) is 88.2 Å². The molecule has 0 atom stereocenters. The second kappa shape index (κ2) is 8.60. The van der Waals surface area contributed by atoms with Crippen molar-refractivity contribution in [1.29, 1.82) is 0 Å². The maximum atomic E-state index is 12.2. The number of rotatable bonds is 8. The highest BCUT2D eigenvalue weighted by Crippen LogP contribution is 2.22. The van der Waals surface area contributed by atoms with Gasteiger partial charge < -0.3 is 5.32 Å². The monoisotopic (exact) mass is 403 g/mol. The molecule has 3 aromatic rings. The molecule has 3 rings (SSSR count). The molecule has 1 amide bonds. The zero-order chi connectivity index (χ0) is 19.3. The van der Waals surface area contributed by atoms with Crippen molar-refractivity contribution < 1.29 is 13.2 Å². The van der Waals surface area contributed by atoms with E-state index in [0.717, 1.165) is 23.4 Å². The third kappa shape index (κ3) is 4.91. The number of amides is 1. The smallest absolute Gasteiger partial charge is 0.251 e. The van der Waals surface area contributed by atoms with Crippen LogP contribution in [0, 0.1) is 0 Å². The predicted octanol–water partition coefficient (Wildman–Crippen LogP) is 2.96. The number of para-hydroxylation sites is 1. The molecule has 0 aliphatic carbocycles. The Kier molecular flexibility index (Phi) is 6.20. The number of hydrogen-bond donors (Lipinski definition) is 2. The molecular formula is C19H21N3O3S2. The van der Waals surface area contributed by atoms with Crippen LogP contribution in [0.3, 0.4) is 0 Å². The number of carbonyl (C=O) groups is 1. The Morgan fingerprint density at radius 1 is 1.11 bits per heavy atom. The van der Waals surface area contributed by atoms with Crippen LogP contribution < -0.4 is 10.0 Å². The van der Waals surface area contributed by atoms with Gasteiger partial charge >= 0.3 is 0 Å². The minimum Gasteiger partial charge on any atom is -0.352 e. The van der Waals surface area contributed by atoms with Gasteiger partial charge in [0.05, 0.1) is 20.1 Å². The van der Waals surface area contributed by atoms with Crippen LogP contribution >= 0.6 is 11.3 Å². The van der Waals surface area contributed by atoms with E-state index < -0.39 is 10.0 Å². The molecule has 1 aromatic heterocycles. The Morgan fingerprint density at radius 2 is 1.85 bits per heavy atom. The number of fused-ring (bicyclic) bond motifs is 1. The van der Waals surface area contributed by atoms with Crippen LogP contribution in [0.2, 0.25) is 0 Å². The minimum atomic E-state index is -3.50. The van der Waals surface area contributed by atoms with E-state index >= 15 is 0 Å². The third-order valence-corrected chi connectivity index (χ3v) is 6.61. The van der Waals surface area contributed by atoms with E-state index in [-0.39, 0.29) is 10.8 Å². The molecule has 142 valence electrons. The fraction of sp³-hybridized carbons (Fsp3) is 0.263. The van der Waals surface area contributed by atoms with E-state index in [1.54, 1.807) is 18.3 Å². The first-order valence-corrected chi connectivity index (χ1v) is 11.0. The quantitative estimate of drug-likeness (QED) is 0.566. The number of sulfonamides is 1. The molecule has 0 saturated carbocycles. The van der Waals surface area contributed by atoms with Crippen molar-refractivity contribution in [3.63, 3.8) is 0 Å². The van der Waals surface area contributed by atoms with Crippen LogP contribution in [-0.4, -0.2) is 32.4 Å². The van der Waals surface area contributed by atoms with E-state index in [2.05, 4.69) is 21.1 Å². The van der Waals surface area contributed by atoms with E-state index in [1.807, 2.05) is 18.2 Å². The average molecular weight is 404 g/mol. The lowest BCUT2D eigenvalue weighted by molar-refractivity contribution is 0.0953. The van der Waals surface area contributed by atoms with Gasteiger partial charge in [0.25, 0.3) is 5.91 Å². The molecule has 0 bridgehead atoms. The van der Waals surface area contributed by atoms with Crippen molar-refractivity contribution in [2.75, 3.05) is 13.1 Å². The van der Waals surface area contributed by atoms with E-state index in [4.69, 9.17) is 0 Å². The van der Waals surface area contributed by atoms with Crippen LogP contribution in [0.1, 0.15) is 28.7 Å². The van der Waals surface area contributed by atoms with Crippen LogP contribution in [0.15, 0.2) is 53.4 Å². The number of aromatic nitrogens is 1. The lowest BCUT2D eigenvalue weighted by Gasteiger charge is -2.07. The first kappa shape index (κ1) is 19.5. The van der Waals surface area contributed by atoms with Gasteiger partial charge in [0.2, 0.25) is 10.0 Å². The predicted molar refractivity (Wildman–Crippen MR) is 108 cm³/mol. The summed E-state index contributed by atoms with van der Waals surface area (Å²) in [6, 6.07) is 13.9. The second-order valence-electron chi connectivity index (χ2n) is 5.96. The van der Waals surface area contributed by atoms with Gasteiger partial charge in [-0.25, -0.2) is 18.1 Å². The largest absolute Gasteiger partial charge is 0.352 e. The molecule has 27 heavy (non-hydrogen) atoms. The number of nitrogens with one attached hydrogen (secondary N) is 2. The van der Waals surface area contributed by atoms with Crippen LogP contribution in [0.5, 0.6) is 0 Å². The Balaban J connectivity index is 1.50. The number of hydrogen-bond acceptors (Lipinski definition) is 5. The molecule has 0 radical (unpaired) electrons. The standard InChI is InChI=1S/C19H21N3O3S2/c1-2-21-27(24,25)15-11-9-14(10-12-15)19(23)20-13-5-8-18-22-16-6-3-4-7-17(16)26-18/h3-4,6-7,9-12,21H,2,5,8,13H2,1H3,(H,20,23). The Bertz CT molecular complexity index is 995. The number of thiazole rings is 1. The molecule has 0 saturated heterocycles.